The van der Waals surface area contributed by atoms with Crippen LogP contribution in [0.5, 0.6) is 0 Å². The summed E-state index contributed by atoms with van der Waals surface area (Å²) in [6, 6.07) is 6.03. The number of rotatable bonds is 2. The second kappa shape index (κ2) is 4.67. The Balaban J connectivity index is 2.43. The minimum Gasteiger partial charge on any atom is -0.330 e. The number of nitrogens with zero attached hydrogens (tertiary/aromatic N) is 1. The highest BCUT2D eigenvalue weighted by molar-refractivity contribution is 9.10. The summed E-state index contributed by atoms with van der Waals surface area (Å²) < 4.78 is 1.03. The van der Waals surface area contributed by atoms with Crippen molar-refractivity contribution in [1.29, 1.82) is 0 Å². The number of carbonyl (C=O) groups is 1. The van der Waals surface area contributed by atoms with Crippen molar-refractivity contribution in [3.05, 3.63) is 28.2 Å². The van der Waals surface area contributed by atoms with Gasteiger partial charge in [-0.05, 0) is 45.0 Å². The third kappa shape index (κ3) is 2.08. The monoisotopic (exact) mass is 310 g/mol. The van der Waals surface area contributed by atoms with E-state index in [0.29, 0.717) is 13.0 Å². The van der Waals surface area contributed by atoms with Crippen LogP contribution in [0, 0.1) is 12.8 Å². The molecule has 18 heavy (non-hydrogen) atoms. The van der Waals surface area contributed by atoms with Crippen LogP contribution in [0.2, 0.25) is 0 Å². The van der Waals surface area contributed by atoms with E-state index in [1.54, 1.807) is 0 Å². The van der Waals surface area contributed by atoms with Crippen LogP contribution in [-0.2, 0) is 4.79 Å². The molecule has 1 saturated heterocycles. The normalized spacial score (nSPS) is 22.6. The summed E-state index contributed by atoms with van der Waals surface area (Å²) in [6.07, 6.45) is 0.537. The van der Waals surface area contributed by atoms with Gasteiger partial charge < -0.3 is 10.6 Å². The number of benzene rings is 1. The van der Waals surface area contributed by atoms with Crippen molar-refractivity contribution in [2.45, 2.75) is 32.7 Å². The van der Waals surface area contributed by atoms with Gasteiger partial charge in [-0.15, -0.1) is 0 Å². The summed E-state index contributed by atoms with van der Waals surface area (Å²) in [4.78, 5) is 14.1. The molecular formula is C14H19BrN2O. The predicted octanol–water partition coefficient (Wildman–Crippen LogP) is 2.85. The highest BCUT2D eigenvalue weighted by atomic mass is 79.9. The maximum atomic E-state index is 12.2. The van der Waals surface area contributed by atoms with Gasteiger partial charge in [-0.2, -0.15) is 0 Å². The Morgan fingerprint density at radius 1 is 1.50 bits per heavy atom. The predicted molar refractivity (Wildman–Crippen MR) is 77.6 cm³/mol. The lowest BCUT2D eigenvalue weighted by atomic mass is 9.88. The molecule has 1 unspecified atom stereocenters. The molecule has 1 atom stereocenters. The third-order valence-electron chi connectivity index (χ3n) is 3.94. The van der Waals surface area contributed by atoms with Crippen LogP contribution in [0.15, 0.2) is 22.7 Å². The van der Waals surface area contributed by atoms with Gasteiger partial charge in [0.2, 0.25) is 5.91 Å². The van der Waals surface area contributed by atoms with Gasteiger partial charge in [-0.3, -0.25) is 4.79 Å². The van der Waals surface area contributed by atoms with Gasteiger partial charge in [0.05, 0.1) is 0 Å². The van der Waals surface area contributed by atoms with Crippen LogP contribution in [-0.4, -0.2) is 18.0 Å². The largest absolute Gasteiger partial charge is 0.330 e. The van der Waals surface area contributed by atoms with Crippen molar-refractivity contribution in [3.63, 3.8) is 0 Å². The molecule has 1 aliphatic heterocycles. The van der Waals surface area contributed by atoms with Crippen molar-refractivity contribution in [2.75, 3.05) is 11.4 Å². The van der Waals surface area contributed by atoms with Gasteiger partial charge in [0, 0.05) is 28.0 Å². The van der Waals surface area contributed by atoms with Crippen molar-refractivity contribution in [1.82, 2.24) is 0 Å². The summed E-state index contributed by atoms with van der Waals surface area (Å²) >= 11 is 3.52. The van der Waals surface area contributed by atoms with Gasteiger partial charge in [0.1, 0.15) is 0 Å². The molecule has 1 fully saturated rings. The second-order valence-electron chi connectivity index (χ2n) is 5.45. The lowest BCUT2D eigenvalue weighted by molar-refractivity contribution is -0.117. The number of hydrogen-bond acceptors (Lipinski definition) is 2. The van der Waals surface area contributed by atoms with Crippen molar-refractivity contribution in [3.8, 4) is 0 Å². The standard InChI is InChI=1S/C14H19BrN2O/c1-9-4-5-11(7-12(9)15)17-13(18)6-10(8-16)14(17,2)3/h4-5,7,10H,6,8,16H2,1-3H3. The zero-order valence-electron chi connectivity index (χ0n) is 11.0. The molecule has 2 rings (SSSR count). The van der Waals surface area contributed by atoms with E-state index in [4.69, 9.17) is 5.73 Å². The first-order chi connectivity index (χ1) is 8.37. The van der Waals surface area contributed by atoms with E-state index in [9.17, 15) is 4.79 Å². The molecule has 2 N–H and O–H groups in total. The average molecular weight is 311 g/mol. The van der Waals surface area contributed by atoms with E-state index in [-0.39, 0.29) is 17.4 Å². The van der Waals surface area contributed by atoms with E-state index >= 15 is 0 Å². The van der Waals surface area contributed by atoms with Crippen LogP contribution < -0.4 is 10.6 Å². The van der Waals surface area contributed by atoms with Crippen LogP contribution in [0.4, 0.5) is 5.69 Å². The fourth-order valence-electron chi connectivity index (χ4n) is 2.63. The first kappa shape index (κ1) is 13.6. The summed E-state index contributed by atoms with van der Waals surface area (Å²) in [6.45, 7) is 6.75. The molecule has 4 heteroatoms. The number of halogens is 1. The van der Waals surface area contributed by atoms with E-state index in [1.165, 1.54) is 5.56 Å². The maximum absolute atomic E-state index is 12.2. The van der Waals surface area contributed by atoms with E-state index in [1.807, 2.05) is 30.0 Å². The maximum Gasteiger partial charge on any atom is 0.227 e. The summed E-state index contributed by atoms with van der Waals surface area (Å²) in [5.74, 6) is 0.372. The van der Waals surface area contributed by atoms with Crippen LogP contribution in [0.1, 0.15) is 25.8 Å². The number of hydrogen-bond donors (Lipinski definition) is 1. The Kier molecular flexibility index (Phi) is 3.52. The minimum absolute atomic E-state index is 0.159. The average Bonchev–Trinajstić information content (AvgIpc) is 2.52. The molecule has 1 aliphatic rings. The summed E-state index contributed by atoms with van der Waals surface area (Å²) in [5.41, 5.74) is 7.66. The fraction of sp³-hybridized carbons (Fsp3) is 0.500. The molecule has 0 aliphatic carbocycles. The lowest BCUT2D eigenvalue weighted by Gasteiger charge is -2.35. The molecule has 0 spiro atoms. The quantitative estimate of drug-likeness (QED) is 0.913. The molecular weight excluding hydrogens is 292 g/mol. The van der Waals surface area contributed by atoms with E-state index in [2.05, 4.69) is 29.8 Å². The number of aryl methyl sites for hydroxylation is 1. The molecule has 0 saturated carbocycles. The second-order valence-corrected chi connectivity index (χ2v) is 6.31. The molecule has 98 valence electrons. The Morgan fingerprint density at radius 3 is 2.67 bits per heavy atom. The molecule has 1 aromatic carbocycles. The van der Waals surface area contributed by atoms with Gasteiger partial charge >= 0.3 is 0 Å². The van der Waals surface area contributed by atoms with Crippen LogP contribution in [0.3, 0.4) is 0 Å². The topological polar surface area (TPSA) is 46.3 Å². The number of amides is 1. The van der Waals surface area contributed by atoms with Crippen molar-refractivity contribution < 1.29 is 4.79 Å². The lowest BCUT2D eigenvalue weighted by Crippen LogP contribution is -2.46. The minimum atomic E-state index is -0.222. The molecule has 0 radical (unpaired) electrons. The first-order valence-electron chi connectivity index (χ1n) is 6.17. The molecule has 1 aromatic rings. The molecule has 1 heterocycles. The van der Waals surface area contributed by atoms with Gasteiger partial charge in [0.15, 0.2) is 0 Å². The third-order valence-corrected chi connectivity index (χ3v) is 4.80. The number of nitrogens with two attached hydrogens (primary N) is 1. The Labute approximate surface area is 116 Å². The highest BCUT2D eigenvalue weighted by Crippen LogP contribution is 2.39. The van der Waals surface area contributed by atoms with Crippen molar-refractivity contribution in [2.24, 2.45) is 11.7 Å². The summed E-state index contributed by atoms with van der Waals surface area (Å²) in [7, 11) is 0. The SMILES string of the molecule is Cc1ccc(N2C(=O)CC(CN)C2(C)C)cc1Br. The Hall–Kier alpha value is -0.870. The van der Waals surface area contributed by atoms with Crippen molar-refractivity contribution >= 4 is 27.5 Å². The zero-order valence-corrected chi connectivity index (χ0v) is 12.6. The molecule has 0 bridgehead atoms. The zero-order chi connectivity index (χ0) is 13.5. The van der Waals surface area contributed by atoms with E-state index < -0.39 is 0 Å². The van der Waals surface area contributed by atoms with Gasteiger partial charge in [0.25, 0.3) is 0 Å². The summed E-state index contributed by atoms with van der Waals surface area (Å²) in [5, 5.41) is 0. The number of carbonyl (C=O) groups excluding carboxylic acids is 1. The fourth-order valence-corrected chi connectivity index (χ4v) is 2.99. The van der Waals surface area contributed by atoms with E-state index in [0.717, 1.165) is 10.2 Å². The highest BCUT2D eigenvalue weighted by Gasteiger charge is 2.46. The van der Waals surface area contributed by atoms with Gasteiger partial charge in [-0.25, -0.2) is 0 Å². The molecule has 0 aromatic heterocycles. The Morgan fingerprint density at radius 2 is 2.17 bits per heavy atom. The Bertz CT molecular complexity index is 485. The molecule has 1 amide bonds. The first-order valence-corrected chi connectivity index (χ1v) is 6.96. The van der Waals surface area contributed by atoms with Gasteiger partial charge in [-0.1, -0.05) is 22.0 Å². The van der Waals surface area contributed by atoms with Crippen LogP contribution in [0.25, 0.3) is 0 Å². The smallest absolute Gasteiger partial charge is 0.227 e. The number of anilines is 1. The van der Waals surface area contributed by atoms with Crippen LogP contribution >= 0.6 is 15.9 Å². The molecule has 3 nitrogen and oxygen atoms in total.